The first-order chi connectivity index (χ1) is 8.38. The molecular formula is C13H19ClN4. The average Bonchev–Trinajstić information content (AvgIpc) is 2.68. The van der Waals surface area contributed by atoms with Crippen molar-refractivity contribution in [3.63, 3.8) is 0 Å². The normalized spacial score (nSPS) is 12.3. The minimum Gasteiger partial charge on any atom is -0.352 e. The first-order valence-corrected chi connectivity index (χ1v) is 6.52. The van der Waals surface area contributed by atoms with Crippen molar-refractivity contribution in [1.82, 2.24) is 14.6 Å². The van der Waals surface area contributed by atoms with E-state index in [-0.39, 0.29) is 5.41 Å². The number of hydrogen-bond donors (Lipinski definition) is 1. The summed E-state index contributed by atoms with van der Waals surface area (Å²) in [7, 11) is 0. The summed E-state index contributed by atoms with van der Waals surface area (Å²) in [6.45, 7) is 9.75. The van der Waals surface area contributed by atoms with Gasteiger partial charge in [-0.3, -0.25) is 0 Å². The second kappa shape index (κ2) is 4.76. The summed E-state index contributed by atoms with van der Waals surface area (Å²) in [5.74, 6) is 1.24. The fourth-order valence-corrected chi connectivity index (χ4v) is 1.60. The molecule has 2 rings (SSSR count). The second-order valence-electron chi connectivity index (χ2n) is 5.58. The van der Waals surface area contributed by atoms with Gasteiger partial charge in [-0.05, 0) is 23.5 Å². The van der Waals surface area contributed by atoms with E-state index in [0.717, 1.165) is 12.2 Å². The molecule has 0 aliphatic heterocycles. The first kappa shape index (κ1) is 13.1. The molecule has 0 bridgehead atoms. The summed E-state index contributed by atoms with van der Waals surface area (Å²) >= 11 is 5.91. The van der Waals surface area contributed by atoms with Crippen LogP contribution in [-0.2, 0) is 0 Å². The lowest BCUT2D eigenvalue weighted by atomic mass is 9.81. The number of anilines is 1. The number of rotatable bonds is 4. The van der Waals surface area contributed by atoms with Crippen LogP contribution < -0.4 is 5.32 Å². The summed E-state index contributed by atoms with van der Waals surface area (Å²) in [6.07, 6.45) is 1.75. The fraction of sp³-hybridized carbons (Fsp3) is 0.538. The summed E-state index contributed by atoms with van der Waals surface area (Å²) < 4.78 is 1.69. The topological polar surface area (TPSA) is 42.2 Å². The molecule has 1 N–H and O–H groups in total. The van der Waals surface area contributed by atoms with Gasteiger partial charge >= 0.3 is 0 Å². The van der Waals surface area contributed by atoms with Crippen LogP contribution >= 0.6 is 11.6 Å². The molecule has 2 heterocycles. The van der Waals surface area contributed by atoms with Gasteiger partial charge < -0.3 is 5.32 Å². The van der Waals surface area contributed by atoms with Crippen LogP contribution in [0.15, 0.2) is 18.3 Å². The minimum absolute atomic E-state index is 0.203. The maximum atomic E-state index is 5.91. The average molecular weight is 267 g/mol. The molecule has 0 aliphatic carbocycles. The van der Waals surface area contributed by atoms with Crippen molar-refractivity contribution < 1.29 is 0 Å². The van der Waals surface area contributed by atoms with E-state index in [1.165, 1.54) is 0 Å². The molecule has 0 amide bonds. The van der Waals surface area contributed by atoms with E-state index in [4.69, 9.17) is 11.6 Å². The molecule has 0 saturated carbocycles. The summed E-state index contributed by atoms with van der Waals surface area (Å²) in [5.41, 5.74) is 0.999. The molecule has 0 aliphatic rings. The van der Waals surface area contributed by atoms with Gasteiger partial charge in [0.2, 0.25) is 5.95 Å². The molecule has 2 aromatic rings. The Morgan fingerprint density at radius 3 is 2.78 bits per heavy atom. The van der Waals surface area contributed by atoms with E-state index >= 15 is 0 Å². The molecule has 98 valence electrons. The van der Waals surface area contributed by atoms with Crippen LogP contribution in [0.5, 0.6) is 0 Å². The highest BCUT2D eigenvalue weighted by Crippen LogP contribution is 2.25. The van der Waals surface area contributed by atoms with Gasteiger partial charge in [0.25, 0.3) is 0 Å². The Hall–Kier alpha value is -1.29. The number of aromatic nitrogens is 3. The molecule has 0 unspecified atom stereocenters. The fourth-order valence-electron chi connectivity index (χ4n) is 1.44. The first-order valence-electron chi connectivity index (χ1n) is 6.14. The predicted octanol–water partition coefficient (Wildman–Crippen LogP) is 3.48. The van der Waals surface area contributed by atoms with E-state index in [9.17, 15) is 0 Å². The van der Waals surface area contributed by atoms with Gasteiger partial charge in [0.1, 0.15) is 0 Å². The van der Waals surface area contributed by atoms with Crippen LogP contribution in [0.2, 0.25) is 5.02 Å². The van der Waals surface area contributed by atoms with Crippen LogP contribution in [0.4, 0.5) is 5.95 Å². The van der Waals surface area contributed by atoms with Crippen LogP contribution in [0.3, 0.4) is 0 Å². The number of halogens is 1. The van der Waals surface area contributed by atoms with Gasteiger partial charge in [0.15, 0.2) is 5.65 Å². The van der Waals surface area contributed by atoms with E-state index in [0.29, 0.717) is 16.9 Å². The van der Waals surface area contributed by atoms with Crippen LogP contribution in [0.1, 0.15) is 27.7 Å². The Labute approximate surface area is 112 Å². The van der Waals surface area contributed by atoms with Crippen molar-refractivity contribution in [2.75, 3.05) is 11.9 Å². The highest BCUT2D eigenvalue weighted by molar-refractivity contribution is 6.30. The minimum atomic E-state index is 0.203. The Balaban J connectivity index is 2.13. The highest BCUT2D eigenvalue weighted by Gasteiger charge is 2.22. The third-order valence-electron chi connectivity index (χ3n) is 3.56. The largest absolute Gasteiger partial charge is 0.352 e. The van der Waals surface area contributed by atoms with Crippen molar-refractivity contribution in [1.29, 1.82) is 0 Å². The van der Waals surface area contributed by atoms with E-state index in [1.807, 2.05) is 12.1 Å². The number of fused-ring (bicyclic) bond motifs is 1. The molecule has 0 radical (unpaired) electrons. The lowest BCUT2D eigenvalue weighted by Crippen LogP contribution is -2.28. The predicted molar refractivity (Wildman–Crippen MR) is 75.1 cm³/mol. The van der Waals surface area contributed by atoms with Crippen LogP contribution in [0.25, 0.3) is 5.65 Å². The molecule has 0 spiro atoms. The van der Waals surface area contributed by atoms with Gasteiger partial charge in [0.05, 0.1) is 5.02 Å². The molecule has 0 aromatic carbocycles. The second-order valence-corrected chi connectivity index (χ2v) is 6.02. The van der Waals surface area contributed by atoms with Crippen LogP contribution in [-0.4, -0.2) is 21.1 Å². The highest BCUT2D eigenvalue weighted by atomic mass is 35.5. The maximum Gasteiger partial charge on any atom is 0.243 e. The summed E-state index contributed by atoms with van der Waals surface area (Å²) in [4.78, 5) is 4.40. The molecule has 18 heavy (non-hydrogen) atoms. The Kier molecular flexibility index (Phi) is 3.48. The molecule has 5 heteroatoms. The van der Waals surface area contributed by atoms with Crippen LogP contribution in [0, 0.1) is 11.3 Å². The lowest BCUT2D eigenvalue weighted by molar-refractivity contribution is 0.269. The number of hydrogen-bond acceptors (Lipinski definition) is 3. The Bertz CT molecular complexity index is 545. The maximum absolute atomic E-state index is 5.91. The Morgan fingerprint density at radius 1 is 1.39 bits per heavy atom. The van der Waals surface area contributed by atoms with E-state index in [1.54, 1.807) is 10.7 Å². The van der Waals surface area contributed by atoms with E-state index < -0.39 is 0 Å². The van der Waals surface area contributed by atoms with Gasteiger partial charge in [-0.15, -0.1) is 5.10 Å². The van der Waals surface area contributed by atoms with Gasteiger partial charge in [-0.25, -0.2) is 4.52 Å². The molecule has 0 fully saturated rings. The summed E-state index contributed by atoms with van der Waals surface area (Å²) in [6, 6.07) is 3.67. The van der Waals surface area contributed by atoms with Gasteiger partial charge in [-0.2, -0.15) is 4.98 Å². The standard InChI is InChI=1S/C13H19ClN4/c1-9(2)13(3,4)8-15-12-16-11-6-5-10(14)7-18(11)17-12/h5-7,9H,8H2,1-4H3,(H,15,17). The molecule has 0 saturated heterocycles. The van der Waals surface area contributed by atoms with Crippen molar-refractivity contribution in [3.05, 3.63) is 23.4 Å². The number of nitrogens with zero attached hydrogens (tertiary/aromatic N) is 3. The van der Waals surface area contributed by atoms with Crippen molar-refractivity contribution in [2.24, 2.45) is 11.3 Å². The lowest BCUT2D eigenvalue weighted by Gasteiger charge is -2.28. The number of nitrogens with one attached hydrogen (secondary N) is 1. The third kappa shape index (κ3) is 2.75. The quantitative estimate of drug-likeness (QED) is 0.921. The van der Waals surface area contributed by atoms with Gasteiger partial charge in [-0.1, -0.05) is 39.3 Å². The smallest absolute Gasteiger partial charge is 0.243 e. The summed E-state index contributed by atoms with van der Waals surface area (Å²) in [5, 5.41) is 8.29. The molecule has 4 nitrogen and oxygen atoms in total. The monoisotopic (exact) mass is 266 g/mol. The third-order valence-corrected chi connectivity index (χ3v) is 3.78. The van der Waals surface area contributed by atoms with E-state index in [2.05, 4.69) is 43.1 Å². The molecule has 0 atom stereocenters. The zero-order valence-electron chi connectivity index (χ0n) is 11.2. The zero-order valence-corrected chi connectivity index (χ0v) is 12.0. The zero-order chi connectivity index (χ0) is 13.3. The van der Waals surface area contributed by atoms with Crippen molar-refractivity contribution in [2.45, 2.75) is 27.7 Å². The molecule has 2 aromatic heterocycles. The molecular weight excluding hydrogens is 248 g/mol. The van der Waals surface area contributed by atoms with Gasteiger partial charge in [0, 0.05) is 12.7 Å². The number of pyridine rings is 1. The Morgan fingerprint density at radius 2 is 2.11 bits per heavy atom. The van der Waals surface area contributed by atoms with Crippen molar-refractivity contribution in [3.8, 4) is 0 Å². The van der Waals surface area contributed by atoms with Crippen molar-refractivity contribution >= 4 is 23.2 Å². The SMILES string of the molecule is CC(C)C(C)(C)CNc1nc2ccc(Cl)cn2n1.